The molecule has 1 aromatic carbocycles. The number of piperidine rings is 1. The Hall–Kier alpha value is -3.60. The minimum atomic E-state index is -4.82. The van der Waals surface area contributed by atoms with Crippen molar-refractivity contribution in [2.75, 3.05) is 4.90 Å². The van der Waals surface area contributed by atoms with Crippen LogP contribution in [-0.4, -0.2) is 40.6 Å². The number of primary amides is 1. The lowest BCUT2D eigenvalue weighted by atomic mass is 9.99. The monoisotopic (exact) mass is 528 g/mol. The molecule has 2 aromatic heterocycles. The van der Waals surface area contributed by atoms with Crippen LogP contribution in [0.25, 0.3) is 11.3 Å². The Labute approximate surface area is 216 Å². The summed E-state index contributed by atoms with van der Waals surface area (Å²) in [5.74, 6) is 0.877. The standard InChI is InChI=1S/C27H27F3N4O4/c28-27(29,30)37-22-4-2-1-3-20(22)24-21(25(38-33-24)15-5-6-15)14-36-19-11-17-8-9-18(12-19)34(17)23-10-7-16(13-32-23)26(31)35/h1-4,7,10,13,15,17-19H,5-6,8-9,11-12,14H2,(H2,31,35)/t17-,18?,19?/m0/s1. The number of para-hydroxylation sites is 1. The fourth-order valence-corrected chi connectivity index (χ4v) is 5.74. The van der Waals surface area contributed by atoms with Gasteiger partial charge in [-0.3, -0.25) is 4.79 Å². The number of aromatic nitrogens is 2. The molecule has 38 heavy (non-hydrogen) atoms. The second-order valence-corrected chi connectivity index (χ2v) is 10.2. The number of carbonyl (C=O) groups is 1. The largest absolute Gasteiger partial charge is 0.573 e. The Bertz CT molecular complexity index is 1310. The maximum Gasteiger partial charge on any atom is 0.573 e. The van der Waals surface area contributed by atoms with Crippen LogP contribution in [-0.2, 0) is 11.3 Å². The van der Waals surface area contributed by atoms with E-state index < -0.39 is 12.3 Å². The van der Waals surface area contributed by atoms with Gasteiger partial charge < -0.3 is 24.6 Å². The molecular formula is C27H27F3N4O4. The lowest BCUT2D eigenvalue weighted by Crippen LogP contribution is -2.46. The first kappa shape index (κ1) is 24.7. The van der Waals surface area contributed by atoms with Crippen molar-refractivity contribution in [2.24, 2.45) is 5.73 Å². The van der Waals surface area contributed by atoms with E-state index in [0.29, 0.717) is 22.6 Å². The lowest BCUT2D eigenvalue weighted by Gasteiger charge is -2.39. The van der Waals surface area contributed by atoms with E-state index in [9.17, 15) is 18.0 Å². The third-order valence-electron chi connectivity index (χ3n) is 7.58. The van der Waals surface area contributed by atoms with Crippen LogP contribution in [0.4, 0.5) is 19.0 Å². The Morgan fingerprint density at radius 3 is 2.45 bits per heavy atom. The minimum absolute atomic E-state index is 0.0230. The number of hydrogen-bond donors (Lipinski definition) is 1. The number of carbonyl (C=O) groups excluding carboxylic acids is 1. The van der Waals surface area contributed by atoms with Gasteiger partial charge in [-0.25, -0.2) is 4.98 Å². The first-order valence-corrected chi connectivity index (χ1v) is 12.8. The Balaban J connectivity index is 1.19. The summed E-state index contributed by atoms with van der Waals surface area (Å²) in [6, 6.07) is 9.98. The van der Waals surface area contributed by atoms with Gasteiger partial charge in [-0.1, -0.05) is 17.3 Å². The van der Waals surface area contributed by atoms with Crippen molar-refractivity contribution in [2.45, 2.75) is 75.6 Å². The highest BCUT2D eigenvalue weighted by molar-refractivity contribution is 5.92. The molecule has 1 amide bonds. The number of hydrogen-bond acceptors (Lipinski definition) is 7. The lowest BCUT2D eigenvalue weighted by molar-refractivity contribution is -0.274. The van der Waals surface area contributed by atoms with Crippen molar-refractivity contribution in [3.8, 4) is 17.0 Å². The normalized spacial score (nSPS) is 23.0. The van der Waals surface area contributed by atoms with Crippen LogP contribution in [0.15, 0.2) is 47.1 Å². The molecule has 2 saturated heterocycles. The fraction of sp³-hybridized carbons (Fsp3) is 0.444. The summed E-state index contributed by atoms with van der Waals surface area (Å²) in [5.41, 5.74) is 6.94. The predicted molar refractivity (Wildman–Crippen MR) is 130 cm³/mol. The third-order valence-corrected chi connectivity index (χ3v) is 7.58. The minimum Gasteiger partial charge on any atom is -0.405 e. The van der Waals surface area contributed by atoms with Gasteiger partial charge in [0.1, 0.15) is 23.0 Å². The second kappa shape index (κ2) is 9.61. The van der Waals surface area contributed by atoms with Gasteiger partial charge in [0.05, 0.1) is 18.3 Å². The number of alkyl halides is 3. The highest BCUT2D eigenvalue weighted by Crippen LogP contribution is 2.46. The zero-order chi connectivity index (χ0) is 26.4. The quantitative estimate of drug-likeness (QED) is 0.422. The van der Waals surface area contributed by atoms with Gasteiger partial charge in [0.15, 0.2) is 0 Å². The predicted octanol–water partition coefficient (Wildman–Crippen LogP) is 5.33. The average Bonchev–Trinajstić information content (AvgIpc) is 3.58. The molecule has 6 rings (SSSR count). The van der Waals surface area contributed by atoms with E-state index in [2.05, 4.69) is 19.8 Å². The number of benzene rings is 1. The van der Waals surface area contributed by atoms with Gasteiger partial charge in [-0.15, -0.1) is 13.2 Å². The molecule has 11 heteroatoms. The Morgan fingerprint density at radius 2 is 1.82 bits per heavy atom. The Kier molecular flexibility index (Phi) is 6.25. The van der Waals surface area contributed by atoms with E-state index in [4.69, 9.17) is 15.0 Å². The molecule has 2 unspecified atom stereocenters. The van der Waals surface area contributed by atoms with Gasteiger partial charge in [0.25, 0.3) is 0 Å². The van der Waals surface area contributed by atoms with Crippen molar-refractivity contribution in [3.63, 3.8) is 0 Å². The summed E-state index contributed by atoms with van der Waals surface area (Å²) >= 11 is 0. The van der Waals surface area contributed by atoms with E-state index >= 15 is 0 Å². The van der Waals surface area contributed by atoms with E-state index in [1.54, 1.807) is 18.2 Å². The average molecular weight is 529 g/mol. The maximum atomic E-state index is 13.0. The van der Waals surface area contributed by atoms with Crippen LogP contribution < -0.4 is 15.4 Å². The molecular weight excluding hydrogens is 501 g/mol. The fourth-order valence-electron chi connectivity index (χ4n) is 5.74. The van der Waals surface area contributed by atoms with Crippen LogP contribution in [0.3, 0.4) is 0 Å². The van der Waals surface area contributed by atoms with E-state index in [0.717, 1.165) is 44.3 Å². The van der Waals surface area contributed by atoms with Crippen LogP contribution in [0, 0.1) is 0 Å². The van der Waals surface area contributed by atoms with Crippen molar-refractivity contribution >= 4 is 11.7 Å². The molecule has 1 aliphatic carbocycles. The van der Waals surface area contributed by atoms with E-state index in [1.165, 1.54) is 18.3 Å². The SMILES string of the molecule is NC(=O)c1ccc(N2C3CC[C@H]2CC(OCc2c(-c4ccccc4OC(F)(F)F)noc2C2CC2)C3)nc1. The summed E-state index contributed by atoms with van der Waals surface area (Å²) < 4.78 is 55.4. The van der Waals surface area contributed by atoms with Crippen molar-refractivity contribution in [1.29, 1.82) is 0 Å². The van der Waals surface area contributed by atoms with Crippen LogP contribution in [0.2, 0.25) is 0 Å². The van der Waals surface area contributed by atoms with E-state index in [1.807, 2.05) is 6.07 Å². The van der Waals surface area contributed by atoms with Crippen LogP contribution in [0.1, 0.15) is 66.1 Å². The Morgan fingerprint density at radius 1 is 1.08 bits per heavy atom. The van der Waals surface area contributed by atoms with Gasteiger partial charge in [-0.05, 0) is 62.8 Å². The number of amides is 1. The number of pyridine rings is 1. The smallest absolute Gasteiger partial charge is 0.405 e. The molecule has 8 nitrogen and oxygen atoms in total. The first-order valence-electron chi connectivity index (χ1n) is 12.8. The molecule has 0 radical (unpaired) electrons. The molecule has 0 spiro atoms. The topological polar surface area (TPSA) is 104 Å². The summed E-state index contributed by atoms with van der Waals surface area (Å²) in [6.07, 6.45) is 2.18. The summed E-state index contributed by atoms with van der Waals surface area (Å²) in [4.78, 5) is 18.2. The van der Waals surface area contributed by atoms with Gasteiger partial charge in [0, 0.05) is 35.3 Å². The highest BCUT2D eigenvalue weighted by atomic mass is 19.4. The number of anilines is 1. The first-order chi connectivity index (χ1) is 18.3. The van der Waals surface area contributed by atoms with Crippen molar-refractivity contribution < 1.29 is 32.0 Å². The summed E-state index contributed by atoms with van der Waals surface area (Å²) in [5, 5.41) is 4.16. The molecule has 1 saturated carbocycles. The summed E-state index contributed by atoms with van der Waals surface area (Å²) in [6.45, 7) is 0.195. The molecule has 3 aliphatic rings. The number of fused-ring (bicyclic) bond motifs is 2. The molecule has 3 fully saturated rings. The third kappa shape index (κ3) is 4.94. The number of halogens is 3. The van der Waals surface area contributed by atoms with Gasteiger partial charge >= 0.3 is 6.36 Å². The molecule has 2 bridgehead atoms. The molecule has 2 N–H and O–H groups in total. The van der Waals surface area contributed by atoms with Gasteiger partial charge in [-0.2, -0.15) is 0 Å². The molecule has 200 valence electrons. The summed E-state index contributed by atoms with van der Waals surface area (Å²) in [7, 11) is 0. The molecule has 3 atom stereocenters. The molecule has 4 heterocycles. The zero-order valence-corrected chi connectivity index (χ0v) is 20.5. The molecule has 3 aromatic rings. The van der Waals surface area contributed by atoms with Gasteiger partial charge in [0.2, 0.25) is 5.91 Å². The van der Waals surface area contributed by atoms with E-state index in [-0.39, 0.29) is 42.0 Å². The second-order valence-electron chi connectivity index (χ2n) is 10.2. The molecule has 2 aliphatic heterocycles. The van der Waals surface area contributed by atoms with Crippen LogP contribution in [0.5, 0.6) is 5.75 Å². The number of nitrogens with zero attached hydrogens (tertiary/aromatic N) is 3. The highest BCUT2D eigenvalue weighted by Gasteiger charge is 2.42. The van der Waals surface area contributed by atoms with Crippen molar-refractivity contribution in [3.05, 3.63) is 59.5 Å². The number of ether oxygens (including phenoxy) is 2. The maximum absolute atomic E-state index is 13.0. The van der Waals surface area contributed by atoms with Crippen LogP contribution >= 0.6 is 0 Å². The zero-order valence-electron chi connectivity index (χ0n) is 20.5. The number of nitrogens with two attached hydrogens (primary N) is 1. The van der Waals surface area contributed by atoms with Crippen molar-refractivity contribution in [1.82, 2.24) is 10.1 Å². The number of rotatable bonds is 8.